The molecule has 164 valence electrons. The van der Waals surface area contributed by atoms with E-state index in [2.05, 4.69) is 15.5 Å². The number of thioether (sulfide) groups is 1. The minimum atomic E-state index is -3.65. The van der Waals surface area contributed by atoms with Crippen molar-refractivity contribution in [3.63, 3.8) is 0 Å². The molecule has 2 aromatic rings. The molecule has 9 nitrogen and oxygen atoms in total. The summed E-state index contributed by atoms with van der Waals surface area (Å²) >= 11 is 1.32. The molecule has 1 fully saturated rings. The summed E-state index contributed by atoms with van der Waals surface area (Å²) in [5.41, 5.74) is 1.08. The van der Waals surface area contributed by atoms with E-state index < -0.39 is 15.3 Å². The number of ether oxygens (including phenoxy) is 1. The molecule has 1 saturated heterocycles. The zero-order valence-corrected chi connectivity index (χ0v) is 19.2. The molecule has 1 N–H and O–H groups in total. The number of carbonyl (C=O) groups excluding carboxylic acids is 1. The Hall–Kier alpha value is -1.95. The normalized spacial score (nSPS) is 16.4. The lowest BCUT2D eigenvalue weighted by Crippen LogP contribution is -2.40. The summed E-state index contributed by atoms with van der Waals surface area (Å²) in [6, 6.07) is 4.94. The molecule has 1 aromatic carbocycles. The third-order valence-corrected chi connectivity index (χ3v) is 8.03. The number of amides is 1. The van der Waals surface area contributed by atoms with Gasteiger partial charge >= 0.3 is 0 Å². The van der Waals surface area contributed by atoms with Gasteiger partial charge in [-0.05, 0) is 45.4 Å². The van der Waals surface area contributed by atoms with Crippen molar-refractivity contribution in [1.29, 1.82) is 0 Å². The number of benzene rings is 1. The molecule has 2 heterocycles. The van der Waals surface area contributed by atoms with Gasteiger partial charge in [0.2, 0.25) is 15.9 Å². The molecular formula is C19H27N5O4S2. The number of anilines is 1. The first-order valence-corrected chi connectivity index (χ1v) is 12.1. The van der Waals surface area contributed by atoms with Crippen molar-refractivity contribution in [2.75, 3.05) is 31.6 Å². The Kier molecular flexibility index (Phi) is 7.17. The maximum atomic E-state index is 13.0. The Bertz CT molecular complexity index is 1020. The number of hydrogen-bond donors (Lipinski definition) is 1. The van der Waals surface area contributed by atoms with Crippen LogP contribution in [0.5, 0.6) is 0 Å². The molecule has 0 aliphatic carbocycles. The zero-order valence-electron chi connectivity index (χ0n) is 17.6. The Morgan fingerprint density at radius 3 is 2.63 bits per heavy atom. The summed E-state index contributed by atoms with van der Waals surface area (Å²) in [5, 5.41) is 11.3. The van der Waals surface area contributed by atoms with Crippen LogP contribution in [0.1, 0.15) is 25.2 Å². The number of morpholine rings is 1. The summed E-state index contributed by atoms with van der Waals surface area (Å²) in [4.78, 5) is 12.9. The van der Waals surface area contributed by atoms with Crippen LogP contribution < -0.4 is 5.32 Å². The highest BCUT2D eigenvalue weighted by Gasteiger charge is 2.28. The number of aryl methyl sites for hydroxylation is 2. The number of aromatic nitrogens is 3. The van der Waals surface area contributed by atoms with Gasteiger partial charge in [-0.15, -0.1) is 10.2 Å². The van der Waals surface area contributed by atoms with Gasteiger partial charge in [-0.1, -0.05) is 17.8 Å². The van der Waals surface area contributed by atoms with Crippen LogP contribution in [0.3, 0.4) is 0 Å². The summed E-state index contributed by atoms with van der Waals surface area (Å²) < 4.78 is 34.7. The summed E-state index contributed by atoms with van der Waals surface area (Å²) in [6.07, 6.45) is 0. The summed E-state index contributed by atoms with van der Waals surface area (Å²) in [5.74, 6) is 0.561. The average molecular weight is 454 g/mol. The molecule has 1 atom stereocenters. The largest absolute Gasteiger partial charge is 0.379 e. The van der Waals surface area contributed by atoms with Gasteiger partial charge < -0.3 is 14.6 Å². The fourth-order valence-electron chi connectivity index (χ4n) is 3.15. The van der Waals surface area contributed by atoms with E-state index in [0.717, 1.165) is 12.4 Å². The molecule has 0 spiro atoms. The Balaban J connectivity index is 1.75. The van der Waals surface area contributed by atoms with Crippen LogP contribution in [0.25, 0.3) is 0 Å². The fraction of sp³-hybridized carbons (Fsp3) is 0.526. The number of rotatable bonds is 7. The highest BCUT2D eigenvalue weighted by atomic mass is 32.2. The lowest BCUT2D eigenvalue weighted by atomic mass is 10.2. The monoisotopic (exact) mass is 453 g/mol. The van der Waals surface area contributed by atoms with Crippen molar-refractivity contribution in [2.45, 2.75) is 49.5 Å². The second-order valence-corrected chi connectivity index (χ2v) is 10.2. The molecule has 30 heavy (non-hydrogen) atoms. The predicted octanol–water partition coefficient (Wildman–Crippen LogP) is 2.06. The van der Waals surface area contributed by atoms with Crippen molar-refractivity contribution in [2.24, 2.45) is 0 Å². The molecule has 0 radical (unpaired) electrons. The van der Waals surface area contributed by atoms with Crippen LogP contribution in [0, 0.1) is 13.8 Å². The van der Waals surface area contributed by atoms with Crippen LogP contribution in [-0.2, 0) is 26.1 Å². The topological polar surface area (TPSA) is 106 Å². The van der Waals surface area contributed by atoms with E-state index in [1.807, 2.05) is 18.4 Å². The van der Waals surface area contributed by atoms with Crippen LogP contribution in [0.2, 0.25) is 0 Å². The number of nitrogens with one attached hydrogen (secondary N) is 1. The van der Waals surface area contributed by atoms with E-state index >= 15 is 0 Å². The van der Waals surface area contributed by atoms with E-state index in [1.165, 1.54) is 22.1 Å². The molecule has 3 rings (SSSR count). The van der Waals surface area contributed by atoms with Crippen LogP contribution >= 0.6 is 11.8 Å². The van der Waals surface area contributed by atoms with Crippen molar-refractivity contribution in [3.05, 3.63) is 29.6 Å². The quantitative estimate of drug-likeness (QED) is 0.640. The summed E-state index contributed by atoms with van der Waals surface area (Å²) in [7, 11) is -3.65. The third kappa shape index (κ3) is 4.85. The van der Waals surface area contributed by atoms with E-state index in [0.29, 0.717) is 42.7 Å². The SMILES string of the molecule is CCn1c(C)nnc1SC(C)C(=O)Nc1ccc(C)c(S(=O)(=O)N2CCOCC2)c1. The maximum Gasteiger partial charge on any atom is 0.243 e. The number of carbonyl (C=O) groups is 1. The molecule has 11 heteroatoms. The first-order chi connectivity index (χ1) is 14.2. The van der Waals surface area contributed by atoms with Gasteiger partial charge in [0, 0.05) is 25.3 Å². The van der Waals surface area contributed by atoms with Crippen molar-refractivity contribution < 1.29 is 17.9 Å². The van der Waals surface area contributed by atoms with Gasteiger partial charge in [0.15, 0.2) is 5.16 Å². The highest BCUT2D eigenvalue weighted by Crippen LogP contribution is 2.26. The molecule has 0 bridgehead atoms. The lowest BCUT2D eigenvalue weighted by molar-refractivity contribution is -0.115. The summed E-state index contributed by atoms with van der Waals surface area (Å²) in [6.45, 7) is 9.52. The second kappa shape index (κ2) is 9.46. The first-order valence-electron chi connectivity index (χ1n) is 9.80. The van der Waals surface area contributed by atoms with E-state index in [4.69, 9.17) is 4.74 Å². The van der Waals surface area contributed by atoms with Gasteiger partial charge in [-0.25, -0.2) is 8.42 Å². The van der Waals surface area contributed by atoms with E-state index in [1.54, 1.807) is 26.0 Å². The Morgan fingerprint density at radius 1 is 1.27 bits per heavy atom. The standard InChI is InChI=1S/C19H27N5O4S2/c1-5-24-15(4)21-22-19(24)29-14(3)18(25)20-16-7-6-13(2)17(12-16)30(26,27)23-8-10-28-11-9-23/h6-7,12,14H,5,8-11H2,1-4H3,(H,20,25). The zero-order chi connectivity index (χ0) is 21.9. The Labute approximate surface area is 181 Å². The smallest absolute Gasteiger partial charge is 0.243 e. The van der Waals surface area contributed by atoms with Gasteiger partial charge in [-0.3, -0.25) is 4.79 Å². The van der Waals surface area contributed by atoms with Crippen molar-refractivity contribution in [3.8, 4) is 0 Å². The van der Waals surface area contributed by atoms with Gasteiger partial charge in [-0.2, -0.15) is 4.31 Å². The number of hydrogen-bond acceptors (Lipinski definition) is 7. The lowest BCUT2D eigenvalue weighted by Gasteiger charge is -2.27. The minimum Gasteiger partial charge on any atom is -0.379 e. The molecule has 0 saturated carbocycles. The minimum absolute atomic E-state index is 0.198. The Morgan fingerprint density at radius 2 is 1.97 bits per heavy atom. The average Bonchev–Trinajstić information content (AvgIpc) is 3.08. The molecular weight excluding hydrogens is 426 g/mol. The predicted molar refractivity (Wildman–Crippen MR) is 115 cm³/mol. The van der Waals surface area contributed by atoms with Gasteiger partial charge in [0.1, 0.15) is 5.82 Å². The number of sulfonamides is 1. The van der Waals surface area contributed by atoms with Crippen molar-refractivity contribution in [1.82, 2.24) is 19.1 Å². The van der Waals surface area contributed by atoms with Gasteiger partial charge in [0.25, 0.3) is 0 Å². The molecule has 1 unspecified atom stereocenters. The van der Waals surface area contributed by atoms with Crippen LogP contribution in [0.15, 0.2) is 28.3 Å². The van der Waals surface area contributed by atoms with Crippen LogP contribution in [-0.4, -0.2) is 64.9 Å². The fourth-order valence-corrected chi connectivity index (χ4v) is 5.77. The third-order valence-electron chi connectivity index (χ3n) is 4.91. The first kappa shape index (κ1) is 22.7. The maximum absolute atomic E-state index is 13.0. The molecule has 1 aliphatic rings. The molecule has 1 aliphatic heterocycles. The molecule has 1 aromatic heterocycles. The second-order valence-electron chi connectivity index (χ2n) is 7.02. The van der Waals surface area contributed by atoms with E-state index in [9.17, 15) is 13.2 Å². The van der Waals surface area contributed by atoms with E-state index in [-0.39, 0.29) is 10.8 Å². The van der Waals surface area contributed by atoms with Crippen LogP contribution in [0.4, 0.5) is 5.69 Å². The highest BCUT2D eigenvalue weighted by molar-refractivity contribution is 8.00. The van der Waals surface area contributed by atoms with Gasteiger partial charge in [0.05, 0.1) is 23.4 Å². The van der Waals surface area contributed by atoms with Crippen molar-refractivity contribution >= 4 is 33.4 Å². The molecule has 1 amide bonds. The number of nitrogens with zero attached hydrogens (tertiary/aromatic N) is 4.